The van der Waals surface area contributed by atoms with Gasteiger partial charge in [-0.1, -0.05) is 42.8 Å². The van der Waals surface area contributed by atoms with E-state index >= 15 is 0 Å². The van der Waals surface area contributed by atoms with Crippen molar-refractivity contribution in [1.82, 2.24) is 9.97 Å². The first-order chi connectivity index (χ1) is 9.69. The summed E-state index contributed by atoms with van der Waals surface area (Å²) in [6.07, 6.45) is 0.950. The van der Waals surface area contributed by atoms with Gasteiger partial charge in [0.15, 0.2) is 5.82 Å². The summed E-state index contributed by atoms with van der Waals surface area (Å²) in [7, 11) is 0. The van der Waals surface area contributed by atoms with Crippen LogP contribution in [0.25, 0.3) is 22.3 Å². The van der Waals surface area contributed by atoms with Crippen molar-refractivity contribution >= 4 is 16.7 Å². The lowest BCUT2D eigenvalue weighted by Crippen LogP contribution is -1.99. The molecule has 0 spiro atoms. The van der Waals surface area contributed by atoms with Crippen LogP contribution in [0.4, 0.5) is 5.82 Å². The molecule has 3 rings (SSSR count). The summed E-state index contributed by atoms with van der Waals surface area (Å²) in [5, 5.41) is 0.919. The molecular weight excluding hydrogens is 246 g/mol. The molecule has 1 heterocycles. The fourth-order valence-corrected chi connectivity index (χ4v) is 2.43. The predicted octanol–water partition coefficient (Wildman–Crippen LogP) is 3.75. The van der Waals surface area contributed by atoms with Gasteiger partial charge in [-0.05, 0) is 31.0 Å². The molecule has 0 radical (unpaired) electrons. The average Bonchev–Trinajstić information content (AvgIpc) is 2.47. The first kappa shape index (κ1) is 12.6. The molecule has 0 fully saturated rings. The van der Waals surface area contributed by atoms with Gasteiger partial charge in [0, 0.05) is 10.9 Å². The number of anilines is 1. The number of nitrogen functional groups attached to an aromatic ring is 1. The monoisotopic (exact) mass is 263 g/mol. The van der Waals surface area contributed by atoms with Crippen molar-refractivity contribution < 1.29 is 0 Å². The van der Waals surface area contributed by atoms with Crippen LogP contribution in [0.1, 0.15) is 18.1 Å². The summed E-state index contributed by atoms with van der Waals surface area (Å²) in [5.41, 5.74) is 10.5. The van der Waals surface area contributed by atoms with E-state index in [2.05, 4.69) is 23.0 Å². The lowest BCUT2D eigenvalue weighted by atomic mass is 10.0. The van der Waals surface area contributed by atoms with E-state index in [0.29, 0.717) is 11.6 Å². The highest BCUT2D eigenvalue weighted by atomic mass is 14.9. The fraction of sp³-hybridized carbons (Fsp3) is 0.176. The van der Waals surface area contributed by atoms with E-state index in [9.17, 15) is 0 Å². The Morgan fingerprint density at radius 2 is 1.85 bits per heavy atom. The number of nitrogens with two attached hydrogens (primary N) is 1. The van der Waals surface area contributed by atoms with Crippen LogP contribution in [-0.4, -0.2) is 9.97 Å². The maximum atomic E-state index is 6.10. The molecule has 0 saturated heterocycles. The molecule has 20 heavy (non-hydrogen) atoms. The maximum absolute atomic E-state index is 6.10. The zero-order valence-corrected chi connectivity index (χ0v) is 11.7. The summed E-state index contributed by atoms with van der Waals surface area (Å²) in [4.78, 5) is 9.15. The number of hydrogen-bond donors (Lipinski definition) is 1. The van der Waals surface area contributed by atoms with Crippen LogP contribution >= 0.6 is 0 Å². The number of benzene rings is 2. The van der Waals surface area contributed by atoms with Gasteiger partial charge in [0.05, 0.1) is 5.52 Å². The molecule has 0 aliphatic heterocycles. The molecule has 3 nitrogen and oxygen atoms in total. The minimum absolute atomic E-state index is 0.541. The van der Waals surface area contributed by atoms with E-state index in [1.807, 2.05) is 43.3 Å². The normalized spacial score (nSPS) is 10.9. The second kappa shape index (κ2) is 4.93. The number of fused-ring (bicyclic) bond motifs is 1. The van der Waals surface area contributed by atoms with Crippen LogP contribution in [0, 0.1) is 6.92 Å². The van der Waals surface area contributed by atoms with Gasteiger partial charge in [0.25, 0.3) is 0 Å². The maximum Gasteiger partial charge on any atom is 0.162 e. The van der Waals surface area contributed by atoms with Crippen molar-refractivity contribution in [3.05, 3.63) is 53.6 Å². The van der Waals surface area contributed by atoms with Crippen molar-refractivity contribution in [2.24, 2.45) is 0 Å². The highest BCUT2D eigenvalue weighted by molar-refractivity contribution is 5.90. The molecule has 0 atom stereocenters. The Balaban J connectivity index is 2.25. The van der Waals surface area contributed by atoms with Crippen LogP contribution < -0.4 is 5.73 Å². The third-order valence-corrected chi connectivity index (χ3v) is 3.52. The predicted molar refractivity (Wildman–Crippen MR) is 83.5 cm³/mol. The molecule has 0 amide bonds. The minimum atomic E-state index is 0.541. The van der Waals surface area contributed by atoms with Gasteiger partial charge >= 0.3 is 0 Å². The minimum Gasteiger partial charge on any atom is -0.383 e. The van der Waals surface area contributed by atoms with E-state index in [-0.39, 0.29) is 0 Å². The van der Waals surface area contributed by atoms with Crippen molar-refractivity contribution in [1.29, 1.82) is 0 Å². The summed E-state index contributed by atoms with van der Waals surface area (Å²) >= 11 is 0. The highest BCUT2D eigenvalue weighted by Gasteiger charge is 2.10. The molecule has 3 aromatic rings. The van der Waals surface area contributed by atoms with Crippen molar-refractivity contribution in [2.45, 2.75) is 20.3 Å². The van der Waals surface area contributed by atoms with Gasteiger partial charge in [-0.3, -0.25) is 0 Å². The molecule has 100 valence electrons. The number of rotatable bonds is 2. The van der Waals surface area contributed by atoms with Crippen LogP contribution in [0.15, 0.2) is 42.5 Å². The third-order valence-electron chi connectivity index (χ3n) is 3.52. The molecule has 3 heteroatoms. The van der Waals surface area contributed by atoms with Gasteiger partial charge in [0.2, 0.25) is 0 Å². The highest BCUT2D eigenvalue weighted by Crippen LogP contribution is 2.26. The molecule has 0 bridgehead atoms. The van der Waals surface area contributed by atoms with Gasteiger partial charge in [0.1, 0.15) is 5.82 Å². The molecule has 0 aliphatic rings. The van der Waals surface area contributed by atoms with Gasteiger partial charge in [-0.25, -0.2) is 9.97 Å². The van der Waals surface area contributed by atoms with E-state index in [1.54, 1.807) is 0 Å². The van der Waals surface area contributed by atoms with Gasteiger partial charge < -0.3 is 5.73 Å². The number of aryl methyl sites for hydroxylation is 2. The Kier molecular flexibility index (Phi) is 3.11. The molecule has 0 aliphatic carbocycles. The quantitative estimate of drug-likeness (QED) is 0.766. The van der Waals surface area contributed by atoms with Crippen LogP contribution in [0.2, 0.25) is 0 Å². The third kappa shape index (κ3) is 2.11. The Hall–Kier alpha value is -2.42. The number of nitrogens with zero attached hydrogens (tertiary/aromatic N) is 2. The van der Waals surface area contributed by atoms with E-state index in [1.165, 1.54) is 5.56 Å². The Morgan fingerprint density at radius 3 is 2.65 bits per heavy atom. The number of hydrogen-bond acceptors (Lipinski definition) is 3. The van der Waals surface area contributed by atoms with E-state index in [4.69, 9.17) is 5.73 Å². The standard InChI is InChI=1S/C17H17N3/c1-3-12-6-4-5-7-13(12)17-19-15-9-8-11(2)10-14(15)16(18)20-17/h4-10H,3H2,1-2H3,(H2,18,19,20). The average molecular weight is 263 g/mol. The SMILES string of the molecule is CCc1ccccc1-c1nc(N)c2cc(C)ccc2n1. The lowest BCUT2D eigenvalue weighted by Gasteiger charge is -2.09. The summed E-state index contributed by atoms with van der Waals surface area (Å²) in [6.45, 7) is 4.17. The topological polar surface area (TPSA) is 51.8 Å². The Labute approximate surface area is 118 Å². The zero-order valence-electron chi connectivity index (χ0n) is 11.7. The van der Waals surface area contributed by atoms with Gasteiger partial charge in [-0.15, -0.1) is 0 Å². The largest absolute Gasteiger partial charge is 0.383 e. The van der Waals surface area contributed by atoms with Crippen molar-refractivity contribution in [3.63, 3.8) is 0 Å². The Bertz CT molecular complexity index is 778. The van der Waals surface area contributed by atoms with Crippen LogP contribution in [0.5, 0.6) is 0 Å². The Morgan fingerprint density at radius 1 is 1.05 bits per heavy atom. The first-order valence-electron chi connectivity index (χ1n) is 6.81. The van der Waals surface area contributed by atoms with Crippen LogP contribution in [0.3, 0.4) is 0 Å². The summed E-state index contributed by atoms with van der Waals surface area (Å²) in [6, 6.07) is 14.3. The van der Waals surface area contributed by atoms with Crippen molar-refractivity contribution in [3.8, 4) is 11.4 Å². The van der Waals surface area contributed by atoms with Gasteiger partial charge in [-0.2, -0.15) is 0 Å². The first-order valence-corrected chi connectivity index (χ1v) is 6.81. The fourth-order valence-electron chi connectivity index (χ4n) is 2.43. The molecule has 0 unspecified atom stereocenters. The molecule has 0 saturated carbocycles. The second-order valence-corrected chi connectivity index (χ2v) is 4.96. The van der Waals surface area contributed by atoms with E-state index in [0.717, 1.165) is 28.5 Å². The lowest BCUT2D eigenvalue weighted by molar-refractivity contribution is 1.12. The number of aromatic nitrogens is 2. The molecule has 2 N–H and O–H groups in total. The van der Waals surface area contributed by atoms with Crippen molar-refractivity contribution in [2.75, 3.05) is 5.73 Å². The van der Waals surface area contributed by atoms with E-state index < -0.39 is 0 Å². The molecule has 1 aromatic heterocycles. The molecular formula is C17H17N3. The molecule has 2 aromatic carbocycles. The summed E-state index contributed by atoms with van der Waals surface area (Å²) < 4.78 is 0. The second-order valence-electron chi connectivity index (χ2n) is 4.96. The zero-order chi connectivity index (χ0) is 14.1. The smallest absolute Gasteiger partial charge is 0.162 e. The van der Waals surface area contributed by atoms with Crippen LogP contribution in [-0.2, 0) is 6.42 Å². The summed E-state index contributed by atoms with van der Waals surface area (Å²) in [5.74, 6) is 1.25.